The van der Waals surface area contributed by atoms with Gasteiger partial charge in [-0.1, -0.05) is 72.3 Å². The summed E-state index contributed by atoms with van der Waals surface area (Å²) in [7, 11) is -3.92. The van der Waals surface area contributed by atoms with Crippen molar-refractivity contribution in [3.05, 3.63) is 143 Å². The summed E-state index contributed by atoms with van der Waals surface area (Å²) in [5.41, 5.74) is 5.24. The van der Waals surface area contributed by atoms with Crippen LogP contribution in [0.1, 0.15) is 21.5 Å². The van der Waals surface area contributed by atoms with Crippen LogP contribution in [0, 0.1) is 0 Å². The standard InChI is InChI=1S/C32H23ClF3N3O4S/c33-26-11-5-6-12-27(26)38-28(18-30(37)32(34,35)36)21-14-16-22(17-15-21)31(40)43-20-23-19-39(29-13-7-4-10-25(23)29)44(41,42)24-8-2-1-3-9-24/h1-19H,20,37H2. The van der Waals surface area contributed by atoms with Crippen molar-refractivity contribution in [2.75, 3.05) is 0 Å². The van der Waals surface area contributed by atoms with E-state index in [2.05, 4.69) is 4.99 Å². The number of halogens is 4. The Morgan fingerprint density at radius 1 is 0.886 bits per heavy atom. The SMILES string of the molecule is NC(=CC(=Nc1ccccc1Cl)c1ccc(C(=O)OCc2cn(S(=O)(=O)c3ccccc3)c3ccccc23)cc1)C(F)(F)F. The number of fused-ring (bicyclic) bond motifs is 1. The van der Waals surface area contributed by atoms with Gasteiger partial charge in [-0.05, 0) is 48.5 Å². The number of nitrogens with zero attached hydrogens (tertiary/aromatic N) is 2. The fraction of sp³-hybridized carbons (Fsp3) is 0.0625. The van der Waals surface area contributed by atoms with Crippen molar-refractivity contribution in [2.24, 2.45) is 10.7 Å². The van der Waals surface area contributed by atoms with Crippen LogP contribution in [0.5, 0.6) is 0 Å². The molecule has 12 heteroatoms. The van der Waals surface area contributed by atoms with E-state index in [9.17, 15) is 26.4 Å². The van der Waals surface area contributed by atoms with Crippen LogP contribution in [0.4, 0.5) is 18.9 Å². The summed E-state index contributed by atoms with van der Waals surface area (Å²) < 4.78 is 73.0. The first-order valence-electron chi connectivity index (χ1n) is 13.0. The van der Waals surface area contributed by atoms with Crippen molar-refractivity contribution in [3.8, 4) is 0 Å². The molecule has 0 aliphatic heterocycles. The number of benzene rings is 4. The zero-order chi connectivity index (χ0) is 31.5. The maximum atomic E-state index is 13.3. The van der Waals surface area contributed by atoms with Crippen molar-refractivity contribution in [1.82, 2.24) is 3.97 Å². The average molecular weight is 638 g/mol. The topological polar surface area (TPSA) is 104 Å². The third-order valence-electron chi connectivity index (χ3n) is 6.55. The quantitative estimate of drug-likeness (QED) is 0.141. The Balaban J connectivity index is 1.40. The highest BCUT2D eigenvalue weighted by Crippen LogP contribution is 2.28. The number of hydrogen-bond donors (Lipinski definition) is 1. The lowest BCUT2D eigenvalue weighted by Crippen LogP contribution is -2.21. The molecule has 0 amide bonds. The first-order chi connectivity index (χ1) is 20.9. The molecule has 224 valence electrons. The molecule has 0 fully saturated rings. The second kappa shape index (κ2) is 12.4. The molecule has 0 saturated heterocycles. The first kappa shape index (κ1) is 30.6. The van der Waals surface area contributed by atoms with Gasteiger partial charge in [-0.25, -0.2) is 22.2 Å². The number of hydrogen-bond acceptors (Lipinski definition) is 6. The van der Waals surface area contributed by atoms with Crippen molar-refractivity contribution in [2.45, 2.75) is 17.7 Å². The van der Waals surface area contributed by atoms with E-state index in [1.807, 2.05) is 0 Å². The van der Waals surface area contributed by atoms with Crippen molar-refractivity contribution in [3.63, 3.8) is 0 Å². The molecule has 0 spiro atoms. The average Bonchev–Trinajstić information content (AvgIpc) is 3.40. The highest BCUT2D eigenvalue weighted by atomic mass is 35.5. The molecule has 7 nitrogen and oxygen atoms in total. The molecule has 4 aromatic carbocycles. The summed E-state index contributed by atoms with van der Waals surface area (Å²) in [5, 5.41) is 0.812. The zero-order valence-electron chi connectivity index (χ0n) is 22.7. The molecule has 44 heavy (non-hydrogen) atoms. The van der Waals surface area contributed by atoms with Crippen LogP contribution in [-0.2, 0) is 21.4 Å². The Labute approximate surface area is 255 Å². The highest BCUT2D eigenvalue weighted by Gasteiger charge is 2.32. The largest absolute Gasteiger partial charge is 0.457 e. The van der Waals surface area contributed by atoms with Gasteiger partial charge < -0.3 is 10.5 Å². The van der Waals surface area contributed by atoms with Gasteiger partial charge in [-0.3, -0.25) is 0 Å². The van der Waals surface area contributed by atoms with Gasteiger partial charge in [0.05, 0.1) is 32.4 Å². The van der Waals surface area contributed by atoms with Gasteiger partial charge in [0.1, 0.15) is 12.3 Å². The second-order valence-electron chi connectivity index (χ2n) is 9.48. The molecule has 0 unspecified atom stereocenters. The van der Waals surface area contributed by atoms with E-state index in [1.54, 1.807) is 60.7 Å². The van der Waals surface area contributed by atoms with E-state index in [0.29, 0.717) is 22.5 Å². The van der Waals surface area contributed by atoms with E-state index in [1.165, 1.54) is 48.7 Å². The van der Waals surface area contributed by atoms with Crippen LogP contribution in [0.3, 0.4) is 0 Å². The van der Waals surface area contributed by atoms with Crippen LogP contribution in [0.2, 0.25) is 5.02 Å². The molecule has 0 atom stereocenters. The monoisotopic (exact) mass is 637 g/mol. The molecule has 0 aliphatic carbocycles. The molecule has 5 aromatic rings. The van der Waals surface area contributed by atoms with E-state index in [-0.39, 0.29) is 39.1 Å². The van der Waals surface area contributed by atoms with Gasteiger partial charge in [-0.15, -0.1) is 0 Å². The fourth-order valence-electron chi connectivity index (χ4n) is 4.32. The van der Waals surface area contributed by atoms with Crippen LogP contribution < -0.4 is 5.73 Å². The van der Waals surface area contributed by atoms with Crippen molar-refractivity contribution in [1.29, 1.82) is 0 Å². The Morgan fingerprint density at radius 2 is 1.50 bits per heavy atom. The fourth-order valence-corrected chi connectivity index (χ4v) is 5.91. The maximum absolute atomic E-state index is 13.3. The second-order valence-corrected chi connectivity index (χ2v) is 11.7. The van der Waals surface area contributed by atoms with Crippen LogP contribution in [0.15, 0.2) is 131 Å². The summed E-state index contributed by atoms with van der Waals surface area (Å²) in [4.78, 5) is 17.3. The predicted octanol–water partition coefficient (Wildman–Crippen LogP) is 7.41. The van der Waals surface area contributed by atoms with E-state index < -0.39 is 27.9 Å². The van der Waals surface area contributed by atoms with Gasteiger partial charge in [0.2, 0.25) is 0 Å². The number of carbonyl (C=O) groups excluding carboxylic acids is 1. The molecular weight excluding hydrogens is 615 g/mol. The number of alkyl halides is 3. The summed E-state index contributed by atoms with van der Waals surface area (Å²) in [6, 6.07) is 26.7. The summed E-state index contributed by atoms with van der Waals surface area (Å²) in [5.74, 6) is -0.728. The maximum Gasteiger partial charge on any atom is 0.430 e. The van der Waals surface area contributed by atoms with E-state index in [4.69, 9.17) is 22.1 Å². The molecule has 0 saturated carbocycles. The molecule has 0 aliphatic rings. The van der Waals surface area contributed by atoms with Crippen molar-refractivity contribution >= 4 is 49.9 Å². The number of aromatic nitrogens is 1. The Bertz CT molecular complexity index is 2000. The number of ether oxygens (including phenoxy) is 1. The smallest absolute Gasteiger partial charge is 0.430 e. The Kier molecular flexibility index (Phi) is 8.61. The Morgan fingerprint density at radius 3 is 2.18 bits per heavy atom. The van der Waals surface area contributed by atoms with Gasteiger partial charge >= 0.3 is 12.1 Å². The highest BCUT2D eigenvalue weighted by molar-refractivity contribution is 7.90. The predicted molar refractivity (Wildman–Crippen MR) is 162 cm³/mol. The van der Waals surface area contributed by atoms with Crippen LogP contribution in [-0.4, -0.2) is 30.2 Å². The van der Waals surface area contributed by atoms with Gasteiger partial charge in [0.25, 0.3) is 10.0 Å². The number of aliphatic imine (C=N–C) groups is 1. The summed E-state index contributed by atoms with van der Waals surface area (Å²) in [6.07, 6.45) is -2.68. The van der Waals surface area contributed by atoms with Crippen molar-refractivity contribution < 1.29 is 31.1 Å². The minimum atomic E-state index is -4.78. The minimum absolute atomic E-state index is 0.105. The number of allylic oxidation sites excluding steroid dienone is 2. The van der Waals surface area contributed by atoms with Crippen LogP contribution >= 0.6 is 11.6 Å². The normalized spacial score (nSPS) is 12.8. The molecule has 1 heterocycles. The summed E-state index contributed by atoms with van der Waals surface area (Å²) >= 11 is 6.15. The van der Waals surface area contributed by atoms with E-state index in [0.717, 1.165) is 3.97 Å². The van der Waals surface area contributed by atoms with Gasteiger partial charge in [0, 0.05) is 22.7 Å². The molecule has 0 radical (unpaired) electrons. The lowest BCUT2D eigenvalue weighted by atomic mass is 10.1. The molecule has 0 bridgehead atoms. The number of nitrogens with two attached hydrogens (primary N) is 1. The molecule has 5 rings (SSSR count). The molecule has 2 N–H and O–H groups in total. The zero-order valence-corrected chi connectivity index (χ0v) is 24.3. The number of rotatable bonds is 8. The lowest BCUT2D eigenvalue weighted by molar-refractivity contribution is -0.0925. The third kappa shape index (κ3) is 6.53. The number of esters is 1. The lowest BCUT2D eigenvalue weighted by Gasteiger charge is -2.10. The third-order valence-corrected chi connectivity index (χ3v) is 8.56. The van der Waals surface area contributed by atoms with Crippen LogP contribution in [0.25, 0.3) is 10.9 Å². The van der Waals surface area contributed by atoms with Gasteiger partial charge in [-0.2, -0.15) is 13.2 Å². The Hall–Kier alpha value is -4.87. The summed E-state index contributed by atoms with van der Waals surface area (Å²) in [6.45, 7) is -0.234. The molecule has 1 aromatic heterocycles. The van der Waals surface area contributed by atoms with E-state index >= 15 is 0 Å². The number of carbonyl (C=O) groups is 1. The number of para-hydroxylation sites is 2. The van der Waals surface area contributed by atoms with Gasteiger partial charge in [0.15, 0.2) is 0 Å². The first-order valence-corrected chi connectivity index (χ1v) is 14.8. The minimum Gasteiger partial charge on any atom is -0.457 e. The molecular formula is C32H23ClF3N3O4S.